The first kappa shape index (κ1) is 24.0. The van der Waals surface area contributed by atoms with E-state index in [9.17, 15) is 9.59 Å². The third-order valence-corrected chi connectivity index (χ3v) is 9.39. The fourth-order valence-electron chi connectivity index (χ4n) is 4.44. The van der Waals surface area contributed by atoms with Gasteiger partial charge in [0.15, 0.2) is 11.0 Å². The van der Waals surface area contributed by atoms with Gasteiger partial charge in [0.25, 0.3) is 0 Å². The normalized spacial score (nSPS) is 13.8. The van der Waals surface area contributed by atoms with Crippen LogP contribution < -0.4 is 5.32 Å². The summed E-state index contributed by atoms with van der Waals surface area (Å²) in [6.45, 7) is 0. The van der Waals surface area contributed by atoms with Gasteiger partial charge in [-0.2, -0.15) is 0 Å². The van der Waals surface area contributed by atoms with Crippen molar-refractivity contribution in [3.05, 3.63) is 45.6 Å². The van der Waals surface area contributed by atoms with E-state index in [1.54, 1.807) is 11.3 Å². The van der Waals surface area contributed by atoms with Crippen LogP contribution in [0.4, 0.5) is 5.00 Å². The number of benzene rings is 1. The van der Waals surface area contributed by atoms with Crippen LogP contribution in [0.1, 0.15) is 46.5 Å². The molecule has 0 saturated heterocycles. The Hall–Kier alpha value is -2.69. The predicted octanol–water partition coefficient (Wildman–Crippen LogP) is 5.93. The number of carbonyl (C=O) groups excluding carboxylic acids is 2. The Kier molecular flexibility index (Phi) is 7.22. The Labute approximate surface area is 215 Å². The van der Waals surface area contributed by atoms with Crippen LogP contribution in [0.2, 0.25) is 0 Å². The van der Waals surface area contributed by atoms with Crippen LogP contribution in [0.15, 0.2) is 34.8 Å². The molecule has 5 rings (SSSR count). The second-order valence-corrected chi connectivity index (χ2v) is 11.4. The molecule has 0 aliphatic heterocycles. The summed E-state index contributed by atoms with van der Waals surface area (Å²) in [4.78, 5) is 26.7. The summed E-state index contributed by atoms with van der Waals surface area (Å²) < 4.78 is 8.18. The van der Waals surface area contributed by atoms with E-state index >= 15 is 0 Å². The summed E-state index contributed by atoms with van der Waals surface area (Å²) in [5.74, 6) is 0.378. The number of aromatic nitrogens is 3. The average molecular weight is 527 g/mol. The highest BCUT2D eigenvalue weighted by atomic mass is 32.2. The van der Waals surface area contributed by atoms with Crippen molar-refractivity contribution in [1.82, 2.24) is 14.8 Å². The molecule has 0 atom stereocenters. The van der Waals surface area contributed by atoms with Crippen molar-refractivity contribution in [3.8, 4) is 11.4 Å². The van der Waals surface area contributed by atoms with Crippen LogP contribution in [0.25, 0.3) is 21.5 Å². The largest absolute Gasteiger partial charge is 0.465 e. The quantitative estimate of drug-likeness (QED) is 0.247. The van der Waals surface area contributed by atoms with Crippen molar-refractivity contribution >= 4 is 61.4 Å². The molecule has 0 unspecified atom stereocenters. The lowest BCUT2D eigenvalue weighted by molar-refractivity contribution is -0.113. The van der Waals surface area contributed by atoms with Gasteiger partial charge in [-0.05, 0) is 37.3 Å². The topological polar surface area (TPSA) is 86.1 Å². The number of hydrogen-bond acceptors (Lipinski definition) is 8. The number of ether oxygens (including phenoxy) is 1. The summed E-state index contributed by atoms with van der Waals surface area (Å²) in [7, 11) is 3.30. The molecule has 182 valence electrons. The lowest BCUT2D eigenvalue weighted by Crippen LogP contribution is -2.16. The maximum atomic E-state index is 12.9. The first-order valence-electron chi connectivity index (χ1n) is 11.6. The Bertz CT molecular complexity index is 1390. The van der Waals surface area contributed by atoms with Crippen molar-refractivity contribution in [3.63, 3.8) is 0 Å². The number of esters is 1. The van der Waals surface area contributed by atoms with Gasteiger partial charge in [-0.25, -0.2) is 4.79 Å². The molecule has 10 heteroatoms. The molecule has 1 aliphatic carbocycles. The maximum Gasteiger partial charge on any atom is 0.341 e. The SMILES string of the molecule is COC(=O)c1c(NC(=O)CSc2nnc(-c3csc4ccccc34)n2C)sc2c1CCCCCC2. The summed E-state index contributed by atoms with van der Waals surface area (Å²) >= 11 is 4.52. The number of thiophene rings is 2. The van der Waals surface area contributed by atoms with E-state index in [1.165, 1.54) is 46.2 Å². The second kappa shape index (κ2) is 10.5. The number of methoxy groups -OCH3 is 1. The smallest absolute Gasteiger partial charge is 0.341 e. The lowest BCUT2D eigenvalue weighted by Gasteiger charge is -2.11. The standard InChI is InChI=1S/C25H26N4O3S3/c1-29-22(17-13-33-18-11-8-7-9-15(17)18)27-28-25(29)34-14-20(30)26-23-21(24(31)32-2)16-10-5-3-4-6-12-19(16)35-23/h7-9,11,13H,3-6,10,12,14H2,1-2H3,(H,26,30). The third kappa shape index (κ3) is 4.87. The Morgan fingerprint density at radius 1 is 1.14 bits per heavy atom. The molecular weight excluding hydrogens is 501 g/mol. The van der Waals surface area contributed by atoms with E-state index in [2.05, 4.69) is 33.0 Å². The van der Waals surface area contributed by atoms with Crippen LogP contribution in [-0.4, -0.2) is 39.5 Å². The summed E-state index contributed by atoms with van der Waals surface area (Å²) in [6, 6.07) is 8.22. The van der Waals surface area contributed by atoms with Gasteiger partial charge in [0.2, 0.25) is 5.91 Å². The first-order chi connectivity index (χ1) is 17.1. The average Bonchev–Trinajstić information content (AvgIpc) is 3.52. The lowest BCUT2D eigenvalue weighted by atomic mass is 9.96. The molecule has 0 fully saturated rings. The van der Waals surface area contributed by atoms with Gasteiger partial charge in [0, 0.05) is 33.0 Å². The molecule has 0 radical (unpaired) electrons. The highest BCUT2D eigenvalue weighted by Crippen LogP contribution is 2.38. The zero-order valence-corrected chi connectivity index (χ0v) is 22.1. The van der Waals surface area contributed by atoms with Crippen molar-refractivity contribution in [2.45, 2.75) is 43.7 Å². The first-order valence-corrected chi connectivity index (χ1v) is 14.3. The highest BCUT2D eigenvalue weighted by molar-refractivity contribution is 7.99. The van der Waals surface area contributed by atoms with Crippen molar-refractivity contribution < 1.29 is 14.3 Å². The van der Waals surface area contributed by atoms with Gasteiger partial charge in [-0.1, -0.05) is 42.8 Å². The Morgan fingerprint density at radius 3 is 2.77 bits per heavy atom. The molecule has 4 aromatic rings. The van der Waals surface area contributed by atoms with Crippen LogP contribution in [-0.2, 0) is 29.4 Å². The van der Waals surface area contributed by atoms with E-state index in [0.717, 1.165) is 54.4 Å². The fourth-order valence-corrected chi connectivity index (χ4v) is 7.39. The summed E-state index contributed by atoms with van der Waals surface area (Å²) in [6.07, 6.45) is 6.29. The molecule has 0 spiro atoms. The molecule has 1 N–H and O–H groups in total. The van der Waals surface area contributed by atoms with Gasteiger partial charge < -0.3 is 14.6 Å². The minimum Gasteiger partial charge on any atom is -0.465 e. The van der Waals surface area contributed by atoms with Crippen molar-refractivity contribution in [2.24, 2.45) is 7.05 Å². The van der Waals surface area contributed by atoms with Gasteiger partial charge in [-0.15, -0.1) is 32.9 Å². The Balaban J connectivity index is 1.31. The molecule has 1 aliphatic rings. The molecule has 7 nitrogen and oxygen atoms in total. The van der Waals surface area contributed by atoms with E-state index in [0.29, 0.717) is 15.7 Å². The second-order valence-electron chi connectivity index (χ2n) is 8.46. The highest BCUT2D eigenvalue weighted by Gasteiger charge is 2.26. The van der Waals surface area contributed by atoms with Crippen LogP contribution in [0.3, 0.4) is 0 Å². The number of anilines is 1. The van der Waals surface area contributed by atoms with E-state index < -0.39 is 0 Å². The molecule has 0 saturated carbocycles. The molecule has 0 bridgehead atoms. The number of fused-ring (bicyclic) bond motifs is 2. The number of thioether (sulfide) groups is 1. The molecule has 35 heavy (non-hydrogen) atoms. The number of rotatable bonds is 6. The molecular formula is C25H26N4O3S3. The van der Waals surface area contributed by atoms with Crippen LogP contribution >= 0.6 is 34.4 Å². The summed E-state index contributed by atoms with van der Waals surface area (Å²) in [5, 5.41) is 16.2. The maximum absolute atomic E-state index is 12.9. The minimum absolute atomic E-state index is 0.166. The van der Waals surface area contributed by atoms with Gasteiger partial charge in [0.1, 0.15) is 5.00 Å². The monoisotopic (exact) mass is 526 g/mol. The van der Waals surface area contributed by atoms with E-state index in [4.69, 9.17) is 4.74 Å². The van der Waals surface area contributed by atoms with Gasteiger partial charge in [-0.3, -0.25) is 4.79 Å². The molecule has 1 aromatic carbocycles. The van der Waals surface area contributed by atoms with E-state index in [1.807, 2.05) is 23.7 Å². The number of amides is 1. The number of aryl methyl sites for hydroxylation is 1. The van der Waals surface area contributed by atoms with Crippen LogP contribution in [0.5, 0.6) is 0 Å². The Morgan fingerprint density at radius 2 is 1.94 bits per heavy atom. The van der Waals surface area contributed by atoms with E-state index in [-0.39, 0.29) is 17.6 Å². The number of hydrogen-bond donors (Lipinski definition) is 1. The minimum atomic E-state index is -0.382. The molecule has 1 amide bonds. The summed E-state index contributed by atoms with van der Waals surface area (Å²) in [5.41, 5.74) is 2.61. The zero-order chi connectivity index (χ0) is 24.4. The van der Waals surface area contributed by atoms with Gasteiger partial charge in [0.05, 0.1) is 18.4 Å². The molecule has 3 aromatic heterocycles. The molecule has 3 heterocycles. The van der Waals surface area contributed by atoms with Crippen molar-refractivity contribution in [1.29, 1.82) is 0 Å². The van der Waals surface area contributed by atoms with Crippen LogP contribution in [0, 0.1) is 0 Å². The predicted molar refractivity (Wildman–Crippen MR) is 143 cm³/mol. The number of nitrogens with one attached hydrogen (secondary N) is 1. The number of carbonyl (C=O) groups is 2. The van der Waals surface area contributed by atoms with Gasteiger partial charge >= 0.3 is 5.97 Å². The zero-order valence-electron chi connectivity index (χ0n) is 19.6. The fraction of sp³-hybridized carbons (Fsp3) is 0.360. The van der Waals surface area contributed by atoms with Crippen molar-refractivity contribution in [2.75, 3.05) is 18.2 Å². The number of nitrogens with zero attached hydrogens (tertiary/aromatic N) is 3. The third-order valence-electron chi connectivity index (χ3n) is 6.20.